The molecule has 0 aliphatic carbocycles. The molecule has 3 N–H and O–H groups in total. The molecule has 0 bridgehead atoms. The Morgan fingerprint density at radius 3 is 2.47 bits per heavy atom. The van der Waals surface area contributed by atoms with E-state index in [1.165, 1.54) is 16.9 Å². The van der Waals surface area contributed by atoms with Gasteiger partial charge in [-0.05, 0) is 67.5 Å². The lowest BCUT2D eigenvalue weighted by molar-refractivity contribution is -0.137. The summed E-state index contributed by atoms with van der Waals surface area (Å²) in [6.07, 6.45) is -3.16. The number of rotatable bonds is 5. The fraction of sp³-hybridized carbons (Fsp3) is 0.350. The summed E-state index contributed by atoms with van der Waals surface area (Å²) in [6.45, 7) is 1.71. The van der Waals surface area contributed by atoms with Crippen molar-refractivity contribution < 1.29 is 18.3 Å². The number of benzene rings is 2. The SMILES string of the molecule is OC1(Cn2nnc(-c3ccccc3Nc3ccc(C(F)(F)F)cc3)n2)CCNCC1. The van der Waals surface area contributed by atoms with Gasteiger partial charge in [0.15, 0.2) is 0 Å². The van der Waals surface area contributed by atoms with Crippen molar-refractivity contribution in [1.29, 1.82) is 0 Å². The highest BCUT2D eigenvalue weighted by Crippen LogP contribution is 2.32. The number of hydrogen-bond acceptors (Lipinski definition) is 6. The molecule has 7 nitrogen and oxygen atoms in total. The molecule has 1 saturated heterocycles. The Balaban J connectivity index is 1.53. The molecular formula is C20H21F3N6O. The van der Waals surface area contributed by atoms with E-state index in [2.05, 4.69) is 26.0 Å². The lowest BCUT2D eigenvalue weighted by atomic mass is 9.93. The molecule has 1 aliphatic rings. The number of nitrogens with zero attached hydrogens (tertiary/aromatic N) is 4. The molecule has 1 aromatic heterocycles. The molecule has 0 radical (unpaired) electrons. The van der Waals surface area contributed by atoms with Crippen LogP contribution < -0.4 is 10.6 Å². The van der Waals surface area contributed by atoms with Crippen molar-refractivity contribution in [3.63, 3.8) is 0 Å². The van der Waals surface area contributed by atoms with Gasteiger partial charge in [-0.3, -0.25) is 0 Å². The second-order valence-electron chi connectivity index (χ2n) is 7.36. The van der Waals surface area contributed by atoms with Crippen LogP contribution in [0.2, 0.25) is 0 Å². The first-order valence-corrected chi connectivity index (χ1v) is 9.57. The number of tetrazole rings is 1. The molecule has 10 heteroatoms. The maximum atomic E-state index is 12.8. The van der Waals surface area contributed by atoms with E-state index < -0.39 is 17.3 Å². The van der Waals surface area contributed by atoms with Gasteiger partial charge in [-0.2, -0.15) is 18.0 Å². The predicted octanol–water partition coefficient (Wildman–Crippen LogP) is 3.22. The summed E-state index contributed by atoms with van der Waals surface area (Å²) in [4.78, 5) is 1.38. The summed E-state index contributed by atoms with van der Waals surface area (Å²) >= 11 is 0. The Kier molecular flexibility index (Phi) is 5.44. The summed E-state index contributed by atoms with van der Waals surface area (Å²) in [6, 6.07) is 12.0. The standard InChI is InChI=1S/C20H21F3N6O/c21-20(22,23)14-5-7-15(8-6-14)25-17-4-2-1-3-16(17)18-26-28-29(27-18)13-19(30)9-11-24-12-10-19/h1-8,24-25,30H,9-13H2. The first kappa shape index (κ1) is 20.3. The van der Waals surface area contributed by atoms with Crippen molar-refractivity contribution in [3.05, 3.63) is 54.1 Å². The Morgan fingerprint density at radius 2 is 1.77 bits per heavy atom. The van der Waals surface area contributed by atoms with Crippen molar-refractivity contribution >= 4 is 11.4 Å². The molecule has 0 unspecified atom stereocenters. The van der Waals surface area contributed by atoms with E-state index in [9.17, 15) is 18.3 Å². The van der Waals surface area contributed by atoms with Crippen LogP contribution >= 0.6 is 0 Å². The number of para-hydroxylation sites is 1. The number of hydrogen-bond donors (Lipinski definition) is 3. The number of alkyl halides is 3. The van der Waals surface area contributed by atoms with Crippen LogP contribution in [0, 0.1) is 0 Å². The number of nitrogens with one attached hydrogen (secondary N) is 2. The average molecular weight is 418 g/mol. The minimum absolute atomic E-state index is 0.246. The third kappa shape index (κ3) is 4.60. The van der Waals surface area contributed by atoms with E-state index in [1.807, 2.05) is 6.07 Å². The summed E-state index contributed by atoms with van der Waals surface area (Å²) in [5, 5.41) is 29.5. The molecule has 2 heterocycles. The quantitative estimate of drug-likeness (QED) is 0.590. The van der Waals surface area contributed by atoms with E-state index >= 15 is 0 Å². The van der Waals surface area contributed by atoms with E-state index in [1.54, 1.807) is 18.2 Å². The average Bonchev–Trinajstić information content (AvgIpc) is 3.16. The molecule has 30 heavy (non-hydrogen) atoms. The monoisotopic (exact) mass is 418 g/mol. The Morgan fingerprint density at radius 1 is 1.07 bits per heavy atom. The zero-order valence-corrected chi connectivity index (χ0v) is 16.0. The molecule has 1 aliphatic heterocycles. The third-order valence-electron chi connectivity index (χ3n) is 5.08. The molecule has 0 spiro atoms. The topological polar surface area (TPSA) is 87.9 Å². The molecule has 158 valence electrons. The molecule has 2 aromatic carbocycles. The van der Waals surface area contributed by atoms with Gasteiger partial charge in [0.25, 0.3) is 0 Å². The summed E-state index contributed by atoms with van der Waals surface area (Å²) in [7, 11) is 0. The maximum absolute atomic E-state index is 12.8. The van der Waals surface area contributed by atoms with Crippen molar-refractivity contribution in [2.75, 3.05) is 18.4 Å². The predicted molar refractivity (Wildman–Crippen MR) is 105 cm³/mol. The van der Waals surface area contributed by atoms with Gasteiger partial charge in [0.1, 0.15) is 0 Å². The fourth-order valence-electron chi connectivity index (χ4n) is 3.42. The van der Waals surface area contributed by atoms with Crippen LogP contribution in [0.5, 0.6) is 0 Å². The van der Waals surface area contributed by atoms with Gasteiger partial charge in [0.05, 0.1) is 17.7 Å². The number of halogens is 3. The molecule has 1 fully saturated rings. The van der Waals surface area contributed by atoms with E-state index in [-0.39, 0.29) is 6.54 Å². The first-order chi connectivity index (χ1) is 14.3. The Labute approximate surface area is 170 Å². The van der Waals surface area contributed by atoms with Crippen molar-refractivity contribution in [3.8, 4) is 11.4 Å². The zero-order valence-electron chi connectivity index (χ0n) is 16.0. The number of aromatic nitrogens is 4. The Hall–Kier alpha value is -2.98. The second-order valence-corrected chi connectivity index (χ2v) is 7.36. The number of anilines is 2. The maximum Gasteiger partial charge on any atom is 0.416 e. The summed E-state index contributed by atoms with van der Waals surface area (Å²) in [5.74, 6) is 0.363. The molecule has 0 amide bonds. The number of piperidine rings is 1. The van der Waals surface area contributed by atoms with Crippen LogP contribution in [-0.2, 0) is 12.7 Å². The van der Waals surface area contributed by atoms with E-state index in [4.69, 9.17) is 0 Å². The largest absolute Gasteiger partial charge is 0.416 e. The highest BCUT2D eigenvalue weighted by Gasteiger charge is 2.31. The fourth-order valence-corrected chi connectivity index (χ4v) is 3.42. The zero-order chi connectivity index (χ0) is 21.2. The summed E-state index contributed by atoms with van der Waals surface area (Å²) < 4.78 is 38.3. The van der Waals surface area contributed by atoms with Crippen molar-refractivity contribution in [2.24, 2.45) is 0 Å². The van der Waals surface area contributed by atoms with Gasteiger partial charge in [-0.15, -0.1) is 10.2 Å². The smallest absolute Gasteiger partial charge is 0.388 e. The molecule has 0 atom stereocenters. The minimum atomic E-state index is -4.38. The van der Waals surface area contributed by atoms with Crippen LogP contribution in [0.15, 0.2) is 48.5 Å². The lowest BCUT2D eigenvalue weighted by Gasteiger charge is -2.31. The highest BCUT2D eigenvalue weighted by atomic mass is 19.4. The summed E-state index contributed by atoms with van der Waals surface area (Å²) in [5.41, 5.74) is 0.216. The third-order valence-corrected chi connectivity index (χ3v) is 5.08. The van der Waals surface area contributed by atoms with Crippen LogP contribution in [0.25, 0.3) is 11.4 Å². The van der Waals surface area contributed by atoms with Crippen molar-refractivity contribution in [1.82, 2.24) is 25.5 Å². The van der Waals surface area contributed by atoms with Gasteiger partial charge in [0.2, 0.25) is 5.82 Å². The van der Waals surface area contributed by atoms with Gasteiger partial charge in [-0.25, -0.2) is 0 Å². The second kappa shape index (κ2) is 8.04. The molecule has 3 aromatic rings. The van der Waals surface area contributed by atoms with Gasteiger partial charge in [-0.1, -0.05) is 12.1 Å². The molecule has 0 saturated carbocycles. The molecule has 4 rings (SSSR count). The van der Waals surface area contributed by atoms with E-state index in [0.29, 0.717) is 35.6 Å². The van der Waals surface area contributed by atoms with Crippen LogP contribution in [0.1, 0.15) is 18.4 Å². The normalized spacial score (nSPS) is 16.4. The molecular weight excluding hydrogens is 397 g/mol. The number of aliphatic hydroxyl groups is 1. The Bertz CT molecular complexity index is 996. The van der Waals surface area contributed by atoms with Crippen LogP contribution in [0.3, 0.4) is 0 Å². The van der Waals surface area contributed by atoms with E-state index in [0.717, 1.165) is 25.2 Å². The van der Waals surface area contributed by atoms with Crippen LogP contribution in [-0.4, -0.2) is 44.0 Å². The highest BCUT2D eigenvalue weighted by molar-refractivity contribution is 5.77. The van der Waals surface area contributed by atoms with Gasteiger partial charge >= 0.3 is 6.18 Å². The van der Waals surface area contributed by atoms with Crippen LogP contribution in [0.4, 0.5) is 24.5 Å². The lowest BCUT2D eigenvalue weighted by Crippen LogP contribution is -2.45. The van der Waals surface area contributed by atoms with Gasteiger partial charge in [0, 0.05) is 16.9 Å². The van der Waals surface area contributed by atoms with Gasteiger partial charge < -0.3 is 15.7 Å². The first-order valence-electron chi connectivity index (χ1n) is 9.57. The van der Waals surface area contributed by atoms with Crippen molar-refractivity contribution in [2.45, 2.75) is 31.2 Å². The minimum Gasteiger partial charge on any atom is -0.388 e.